The zero-order valence-corrected chi connectivity index (χ0v) is 13.8. The third kappa shape index (κ3) is 2.59. The molecule has 0 saturated carbocycles. The maximum Gasteiger partial charge on any atom is 0.137 e. The lowest BCUT2D eigenvalue weighted by Crippen LogP contribution is -2.11. The number of fused-ring (bicyclic) bond motifs is 1. The molecule has 0 aliphatic heterocycles. The lowest BCUT2D eigenvalue weighted by atomic mass is 9.86. The maximum absolute atomic E-state index is 5.54. The summed E-state index contributed by atoms with van der Waals surface area (Å²) in [5, 5.41) is 0. The molecule has 0 radical (unpaired) electrons. The molecule has 0 N–H and O–H groups in total. The van der Waals surface area contributed by atoms with Crippen LogP contribution in [0.5, 0.6) is 5.75 Å². The van der Waals surface area contributed by atoms with Gasteiger partial charge in [0.05, 0.1) is 12.8 Å². The van der Waals surface area contributed by atoms with Crippen LogP contribution in [0.25, 0.3) is 16.9 Å². The molecule has 3 heteroatoms. The van der Waals surface area contributed by atoms with Gasteiger partial charge >= 0.3 is 0 Å². The summed E-state index contributed by atoms with van der Waals surface area (Å²) in [5.74, 6) is 0.855. The van der Waals surface area contributed by atoms with Crippen LogP contribution < -0.4 is 4.74 Å². The number of nitrogens with zero attached hydrogens (tertiary/aromatic N) is 2. The Morgan fingerprint density at radius 1 is 1.05 bits per heavy atom. The first-order chi connectivity index (χ1) is 10.4. The number of methoxy groups -OCH3 is 1. The highest BCUT2D eigenvalue weighted by atomic mass is 16.5. The van der Waals surface area contributed by atoms with Crippen molar-refractivity contribution in [2.45, 2.75) is 33.1 Å². The van der Waals surface area contributed by atoms with Crippen molar-refractivity contribution in [3.8, 4) is 17.0 Å². The number of imidazole rings is 1. The molecule has 114 valence electrons. The van der Waals surface area contributed by atoms with Crippen LogP contribution in [0.1, 0.15) is 31.9 Å². The van der Waals surface area contributed by atoms with Gasteiger partial charge in [0.25, 0.3) is 0 Å². The van der Waals surface area contributed by atoms with Crippen molar-refractivity contribution < 1.29 is 4.74 Å². The zero-order valence-electron chi connectivity index (χ0n) is 13.8. The minimum Gasteiger partial charge on any atom is -0.496 e. The molecule has 0 amide bonds. The van der Waals surface area contributed by atoms with E-state index in [1.807, 2.05) is 12.1 Å². The van der Waals surface area contributed by atoms with E-state index in [-0.39, 0.29) is 5.41 Å². The number of hydrogen-bond donors (Lipinski definition) is 0. The summed E-state index contributed by atoms with van der Waals surface area (Å²) in [7, 11) is 1.70. The van der Waals surface area contributed by atoms with Crippen molar-refractivity contribution in [1.29, 1.82) is 0 Å². The van der Waals surface area contributed by atoms with Gasteiger partial charge in [-0.1, -0.05) is 32.9 Å². The highest BCUT2D eigenvalue weighted by Crippen LogP contribution is 2.34. The molecule has 0 atom stereocenters. The van der Waals surface area contributed by atoms with Crippen molar-refractivity contribution in [2.24, 2.45) is 0 Å². The molecule has 0 bridgehead atoms. The molecule has 22 heavy (non-hydrogen) atoms. The standard InChI is InChI=1S/C19H22N2O/c1-13-6-9-18-20-16(12-21(18)11-13)15-10-14(19(2,3)4)7-8-17(15)22-5/h6-12H,1-5H3. The molecule has 0 spiro atoms. The SMILES string of the molecule is COc1ccc(C(C)(C)C)cc1-c1cn2cc(C)ccc2n1. The van der Waals surface area contributed by atoms with Gasteiger partial charge in [0.15, 0.2) is 0 Å². The Hall–Kier alpha value is -2.29. The summed E-state index contributed by atoms with van der Waals surface area (Å²) in [6, 6.07) is 10.5. The fourth-order valence-corrected chi connectivity index (χ4v) is 2.61. The second-order valence-electron chi connectivity index (χ2n) is 6.76. The van der Waals surface area contributed by atoms with Gasteiger partial charge in [-0.2, -0.15) is 0 Å². The quantitative estimate of drug-likeness (QED) is 0.689. The van der Waals surface area contributed by atoms with Crippen molar-refractivity contribution in [1.82, 2.24) is 9.38 Å². The van der Waals surface area contributed by atoms with Crippen LogP contribution in [-0.2, 0) is 5.41 Å². The lowest BCUT2D eigenvalue weighted by molar-refractivity contribution is 0.415. The van der Waals surface area contributed by atoms with E-state index in [0.717, 1.165) is 22.7 Å². The molecule has 2 heterocycles. The van der Waals surface area contributed by atoms with E-state index in [9.17, 15) is 0 Å². The van der Waals surface area contributed by atoms with Crippen molar-refractivity contribution in [3.05, 3.63) is 53.9 Å². The minimum atomic E-state index is 0.0940. The molecular weight excluding hydrogens is 272 g/mol. The highest BCUT2D eigenvalue weighted by Gasteiger charge is 2.18. The number of aromatic nitrogens is 2. The first-order valence-electron chi connectivity index (χ1n) is 7.53. The summed E-state index contributed by atoms with van der Waals surface area (Å²) in [6.45, 7) is 8.72. The second kappa shape index (κ2) is 5.16. The molecule has 2 aromatic heterocycles. The number of hydrogen-bond acceptors (Lipinski definition) is 2. The smallest absolute Gasteiger partial charge is 0.137 e. The Balaban J connectivity index is 2.19. The van der Waals surface area contributed by atoms with Crippen molar-refractivity contribution in [3.63, 3.8) is 0 Å². The van der Waals surface area contributed by atoms with Crippen LogP contribution in [0.3, 0.4) is 0 Å². The van der Waals surface area contributed by atoms with Crippen LogP contribution >= 0.6 is 0 Å². The highest BCUT2D eigenvalue weighted by molar-refractivity contribution is 5.70. The summed E-state index contributed by atoms with van der Waals surface area (Å²) < 4.78 is 7.60. The van der Waals surface area contributed by atoms with Crippen molar-refractivity contribution >= 4 is 5.65 Å². The largest absolute Gasteiger partial charge is 0.496 e. The molecule has 0 aliphatic carbocycles. The molecule has 0 aliphatic rings. The van der Waals surface area contributed by atoms with Gasteiger partial charge in [0.2, 0.25) is 0 Å². The molecule has 3 aromatic rings. The molecule has 0 fully saturated rings. The van der Waals surface area contributed by atoms with E-state index in [4.69, 9.17) is 9.72 Å². The Bertz CT molecular complexity index is 825. The minimum absolute atomic E-state index is 0.0940. The summed E-state index contributed by atoms with van der Waals surface area (Å²) in [6.07, 6.45) is 4.15. The summed E-state index contributed by atoms with van der Waals surface area (Å²) in [4.78, 5) is 4.74. The number of pyridine rings is 1. The first-order valence-corrected chi connectivity index (χ1v) is 7.53. The van der Waals surface area contributed by atoms with E-state index in [2.05, 4.69) is 62.7 Å². The third-order valence-electron chi connectivity index (χ3n) is 3.94. The topological polar surface area (TPSA) is 26.5 Å². The lowest BCUT2D eigenvalue weighted by Gasteiger charge is -2.20. The first kappa shape index (κ1) is 14.6. The van der Waals surface area contributed by atoms with Gasteiger partial charge in [0.1, 0.15) is 11.4 Å². The average molecular weight is 294 g/mol. The normalized spacial score (nSPS) is 11.9. The number of rotatable bonds is 2. The number of ether oxygens (including phenoxy) is 1. The van der Waals surface area contributed by atoms with E-state index in [1.54, 1.807) is 7.11 Å². The van der Waals surface area contributed by atoms with Crippen LogP contribution in [-0.4, -0.2) is 16.5 Å². The van der Waals surface area contributed by atoms with Gasteiger partial charge in [-0.3, -0.25) is 0 Å². The monoisotopic (exact) mass is 294 g/mol. The number of aryl methyl sites for hydroxylation is 1. The van der Waals surface area contributed by atoms with Crippen LogP contribution in [0.2, 0.25) is 0 Å². The molecule has 3 rings (SSSR count). The molecule has 0 saturated heterocycles. The van der Waals surface area contributed by atoms with E-state index >= 15 is 0 Å². The predicted octanol–water partition coefficient (Wildman–Crippen LogP) is 4.62. The van der Waals surface area contributed by atoms with Crippen LogP contribution in [0, 0.1) is 6.92 Å². The Labute approximate surface area is 131 Å². The fraction of sp³-hybridized carbons (Fsp3) is 0.316. The molecule has 0 unspecified atom stereocenters. The van der Waals surface area contributed by atoms with Crippen LogP contribution in [0.4, 0.5) is 0 Å². The van der Waals surface area contributed by atoms with E-state index in [1.165, 1.54) is 11.1 Å². The zero-order chi connectivity index (χ0) is 15.9. The van der Waals surface area contributed by atoms with Gasteiger partial charge in [-0.25, -0.2) is 4.98 Å². The van der Waals surface area contributed by atoms with Crippen LogP contribution in [0.15, 0.2) is 42.7 Å². The fourth-order valence-electron chi connectivity index (χ4n) is 2.61. The Morgan fingerprint density at radius 3 is 2.50 bits per heavy atom. The molecular formula is C19H22N2O. The average Bonchev–Trinajstić information content (AvgIpc) is 2.88. The molecule has 3 nitrogen and oxygen atoms in total. The van der Waals surface area contributed by atoms with E-state index in [0.29, 0.717) is 0 Å². The Kier molecular flexibility index (Phi) is 3.44. The number of benzene rings is 1. The summed E-state index contributed by atoms with van der Waals surface area (Å²) >= 11 is 0. The predicted molar refractivity (Wildman–Crippen MR) is 90.6 cm³/mol. The summed E-state index contributed by atoms with van der Waals surface area (Å²) in [5.41, 5.74) is 5.51. The molecule has 1 aromatic carbocycles. The van der Waals surface area contributed by atoms with E-state index < -0.39 is 0 Å². The third-order valence-corrected chi connectivity index (χ3v) is 3.94. The van der Waals surface area contributed by atoms with Gasteiger partial charge in [-0.15, -0.1) is 0 Å². The van der Waals surface area contributed by atoms with Gasteiger partial charge in [0, 0.05) is 18.0 Å². The second-order valence-corrected chi connectivity index (χ2v) is 6.76. The maximum atomic E-state index is 5.54. The van der Waals surface area contributed by atoms with Gasteiger partial charge < -0.3 is 9.14 Å². The Morgan fingerprint density at radius 2 is 1.82 bits per heavy atom. The van der Waals surface area contributed by atoms with Crippen molar-refractivity contribution in [2.75, 3.05) is 7.11 Å². The van der Waals surface area contributed by atoms with Gasteiger partial charge in [-0.05, 0) is 41.7 Å².